The Morgan fingerprint density at radius 1 is 1.21 bits per heavy atom. The van der Waals surface area contributed by atoms with Crippen molar-refractivity contribution in [1.29, 1.82) is 5.26 Å². The zero-order chi connectivity index (χ0) is 20.6. The highest BCUT2D eigenvalue weighted by Gasteiger charge is 2.25. The second-order valence-corrected chi connectivity index (χ2v) is 7.01. The van der Waals surface area contributed by atoms with Gasteiger partial charge in [0, 0.05) is 31.7 Å². The van der Waals surface area contributed by atoms with Crippen LogP contribution in [-0.2, 0) is 11.2 Å². The summed E-state index contributed by atoms with van der Waals surface area (Å²) in [6.45, 7) is 2.16. The molecule has 7 nitrogen and oxygen atoms in total. The maximum absolute atomic E-state index is 12.5. The van der Waals surface area contributed by atoms with E-state index in [9.17, 15) is 4.79 Å². The number of methoxy groups -OCH3 is 2. The SMILES string of the molecule is COc1ccc(CCNC(=O)C2CCN(c3ccc(C#N)cn3)CC2)cc1OC. The number of nitrogens with one attached hydrogen (secondary N) is 1. The normalized spacial score (nSPS) is 14.2. The molecule has 1 fully saturated rings. The lowest BCUT2D eigenvalue weighted by molar-refractivity contribution is -0.125. The van der Waals surface area contributed by atoms with Crippen LogP contribution in [0.15, 0.2) is 36.5 Å². The molecule has 0 unspecified atom stereocenters. The van der Waals surface area contributed by atoms with E-state index < -0.39 is 0 Å². The molecule has 29 heavy (non-hydrogen) atoms. The third-order valence-electron chi connectivity index (χ3n) is 5.23. The van der Waals surface area contributed by atoms with Gasteiger partial charge in [0.2, 0.25) is 5.91 Å². The van der Waals surface area contributed by atoms with Crippen LogP contribution in [0, 0.1) is 17.2 Å². The van der Waals surface area contributed by atoms with Crippen LogP contribution < -0.4 is 19.7 Å². The van der Waals surface area contributed by atoms with Gasteiger partial charge in [-0.05, 0) is 49.1 Å². The number of nitriles is 1. The van der Waals surface area contributed by atoms with Crippen molar-refractivity contribution in [2.45, 2.75) is 19.3 Å². The van der Waals surface area contributed by atoms with Gasteiger partial charge >= 0.3 is 0 Å². The largest absolute Gasteiger partial charge is 0.493 e. The lowest BCUT2D eigenvalue weighted by Gasteiger charge is -2.32. The number of amides is 1. The minimum atomic E-state index is 0.0232. The zero-order valence-corrected chi connectivity index (χ0v) is 16.9. The summed E-state index contributed by atoms with van der Waals surface area (Å²) in [5, 5.41) is 11.9. The lowest BCUT2D eigenvalue weighted by atomic mass is 9.95. The van der Waals surface area contributed by atoms with E-state index in [1.54, 1.807) is 26.5 Å². The van der Waals surface area contributed by atoms with Gasteiger partial charge in [0.1, 0.15) is 11.9 Å². The Balaban J connectivity index is 1.44. The molecule has 0 bridgehead atoms. The molecule has 0 aliphatic carbocycles. The van der Waals surface area contributed by atoms with E-state index in [1.807, 2.05) is 24.3 Å². The van der Waals surface area contributed by atoms with Gasteiger partial charge in [0.25, 0.3) is 0 Å². The summed E-state index contributed by atoms with van der Waals surface area (Å²) < 4.78 is 10.6. The number of nitrogens with zero attached hydrogens (tertiary/aromatic N) is 3. The van der Waals surface area contributed by atoms with E-state index in [0.29, 0.717) is 23.6 Å². The first kappa shape index (κ1) is 20.5. The molecule has 2 aromatic rings. The van der Waals surface area contributed by atoms with Gasteiger partial charge in [-0.1, -0.05) is 6.07 Å². The fourth-order valence-corrected chi connectivity index (χ4v) is 3.52. The smallest absolute Gasteiger partial charge is 0.223 e. The summed E-state index contributed by atoms with van der Waals surface area (Å²) in [5.74, 6) is 2.38. The number of pyridine rings is 1. The average Bonchev–Trinajstić information content (AvgIpc) is 2.79. The summed E-state index contributed by atoms with van der Waals surface area (Å²) in [4.78, 5) is 19.0. The van der Waals surface area contributed by atoms with E-state index in [1.165, 1.54) is 0 Å². The number of aromatic nitrogens is 1. The van der Waals surface area contributed by atoms with E-state index >= 15 is 0 Å². The number of hydrogen-bond donors (Lipinski definition) is 1. The fraction of sp³-hybridized carbons (Fsp3) is 0.409. The van der Waals surface area contributed by atoms with Crippen molar-refractivity contribution >= 4 is 11.7 Å². The Morgan fingerprint density at radius 3 is 2.59 bits per heavy atom. The summed E-state index contributed by atoms with van der Waals surface area (Å²) in [7, 11) is 3.23. The molecule has 0 spiro atoms. The monoisotopic (exact) mass is 394 g/mol. The summed E-state index contributed by atoms with van der Waals surface area (Å²) in [5.41, 5.74) is 1.64. The highest BCUT2D eigenvalue weighted by Crippen LogP contribution is 2.27. The van der Waals surface area contributed by atoms with Crippen molar-refractivity contribution in [3.8, 4) is 17.6 Å². The van der Waals surface area contributed by atoms with Gasteiger partial charge in [-0.3, -0.25) is 4.79 Å². The maximum Gasteiger partial charge on any atom is 0.223 e. The third-order valence-corrected chi connectivity index (χ3v) is 5.23. The third kappa shape index (κ3) is 5.17. The second-order valence-electron chi connectivity index (χ2n) is 7.01. The Hall–Kier alpha value is -3.27. The quantitative estimate of drug-likeness (QED) is 0.777. The highest BCUT2D eigenvalue weighted by atomic mass is 16.5. The van der Waals surface area contributed by atoms with Crippen LogP contribution in [0.25, 0.3) is 0 Å². The van der Waals surface area contributed by atoms with Crippen molar-refractivity contribution in [3.63, 3.8) is 0 Å². The first-order chi connectivity index (χ1) is 14.1. The number of carbonyl (C=O) groups excluding carboxylic acids is 1. The molecule has 1 N–H and O–H groups in total. The van der Waals surface area contributed by atoms with Crippen LogP contribution in [-0.4, -0.2) is 44.7 Å². The van der Waals surface area contributed by atoms with Crippen LogP contribution in [0.5, 0.6) is 11.5 Å². The Kier molecular flexibility index (Phi) is 6.90. The molecule has 1 amide bonds. The molecule has 7 heteroatoms. The predicted octanol–water partition coefficient (Wildman–Crippen LogP) is 2.55. The van der Waals surface area contributed by atoms with Crippen molar-refractivity contribution in [2.24, 2.45) is 5.92 Å². The minimum Gasteiger partial charge on any atom is -0.493 e. The average molecular weight is 394 g/mol. The van der Waals surface area contributed by atoms with Gasteiger partial charge in [-0.2, -0.15) is 5.26 Å². The molecular formula is C22H26N4O3. The molecule has 2 heterocycles. The molecule has 1 aromatic carbocycles. The van der Waals surface area contributed by atoms with Crippen molar-refractivity contribution in [2.75, 3.05) is 38.8 Å². The molecule has 1 saturated heterocycles. The minimum absolute atomic E-state index is 0.0232. The summed E-state index contributed by atoms with van der Waals surface area (Å²) >= 11 is 0. The topological polar surface area (TPSA) is 87.5 Å². The number of benzene rings is 1. The molecule has 1 aliphatic heterocycles. The molecule has 0 radical (unpaired) electrons. The molecule has 1 aliphatic rings. The van der Waals surface area contributed by atoms with Crippen LogP contribution >= 0.6 is 0 Å². The lowest BCUT2D eigenvalue weighted by Crippen LogP contribution is -2.41. The first-order valence-corrected chi connectivity index (χ1v) is 9.74. The van der Waals surface area contributed by atoms with E-state index in [4.69, 9.17) is 14.7 Å². The Bertz CT molecular complexity index is 869. The number of piperidine rings is 1. The number of ether oxygens (including phenoxy) is 2. The summed E-state index contributed by atoms with van der Waals surface area (Å²) in [6, 6.07) is 11.5. The second kappa shape index (κ2) is 9.78. The zero-order valence-electron chi connectivity index (χ0n) is 16.9. The predicted molar refractivity (Wildman–Crippen MR) is 110 cm³/mol. The standard InChI is InChI=1S/C22H26N4O3/c1-28-19-5-3-16(13-20(19)29-2)7-10-24-22(27)18-8-11-26(12-9-18)21-6-4-17(14-23)15-25-21/h3-6,13,15,18H,7-12H2,1-2H3,(H,24,27). The Morgan fingerprint density at radius 2 is 1.97 bits per heavy atom. The van der Waals surface area contributed by atoms with Gasteiger partial charge in [-0.15, -0.1) is 0 Å². The van der Waals surface area contributed by atoms with Gasteiger partial charge in [0.05, 0.1) is 19.8 Å². The van der Waals surface area contributed by atoms with Crippen LogP contribution in [0.2, 0.25) is 0 Å². The Labute approximate surface area is 171 Å². The molecular weight excluding hydrogens is 368 g/mol. The maximum atomic E-state index is 12.5. The van der Waals surface area contributed by atoms with Gasteiger partial charge in [-0.25, -0.2) is 4.98 Å². The van der Waals surface area contributed by atoms with Gasteiger partial charge < -0.3 is 19.7 Å². The molecule has 152 valence electrons. The highest BCUT2D eigenvalue weighted by molar-refractivity contribution is 5.79. The molecule has 1 aromatic heterocycles. The van der Waals surface area contributed by atoms with Crippen molar-refractivity contribution in [3.05, 3.63) is 47.7 Å². The van der Waals surface area contributed by atoms with E-state index in [0.717, 1.165) is 43.7 Å². The number of carbonyl (C=O) groups is 1. The number of rotatable bonds is 7. The van der Waals surface area contributed by atoms with Gasteiger partial charge in [0.15, 0.2) is 11.5 Å². The van der Waals surface area contributed by atoms with Crippen molar-refractivity contribution in [1.82, 2.24) is 10.3 Å². The fourth-order valence-electron chi connectivity index (χ4n) is 3.52. The number of hydrogen-bond acceptors (Lipinski definition) is 6. The van der Waals surface area contributed by atoms with Crippen LogP contribution in [0.4, 0.5) is 5.82 Å². The van der Waals surface area contributed by atoms with Crippen molar-refractivity contribution < 1.29 is 14.3 Å². The van der Waals surface area contributed by atoms with Crippen LogP contribution in [0.1, 0.15) is 24.0 Å². The van der Waals surface area contributed by atoms with Crippen LogP contribution in [0.3, 0.4) is 0 Å². The first-order valence-electron chi connectivity index (χ1n) is 9.74. The summed E-state index contributed by atoms with van der Waals surface area (Å²) in [6.07, 6.45) is 3.91. The number of anilines is 1. The molecule has 3 rings (SSSR count). The van der Waals surface area contributed by atoms with E-state index in [2.05, 4.69) is 21.3 Å². The molecule has 0 atom stereocenters. The molecule has 0 saturated carbocycles. The van der Waals surface area contributed by atoms with E-state index in [-0.39, 0.29) is 11.8 Å².